The molecule has 1 aliphatic rings. The predicted molar refractivity (Wildman–Crippen MR) is 63.1 cm³/mol. The molecule has 0 unspecified atom stereocenters. The van der Waals surface area contributed by atoms with Crippen LogP contribution in [0.1, 0.15) is 24.8 Å². The average molecular weight is 205 g/mol. The normalized spacial score (nSPS) is 20.5. The van der Waals surface area contributed by atoms with E-state index in [1.165, 1.54) is 31.4 Å². The van der Waals surface area contributed by atoms with Gasteiger partial charge in [0.05, 0.1) is 0 Å². The number of pyridine rings is 1. The van der Waals surface area contributed by atoms with E-state index in [1.807, 2.05) is 12.3 Å². The van der Waals surface area contributed by atoms with Gasteiger partial charge in [0, 0.05) is 18.8 Å². The molecule has 3 heteroatoms. The molecule has 15 heavy (non-hydrogen) atoms. The molecule has 1 aromatic rings. The average Bonchev–Trinajstić information content (AvgIpc) is 2.74. The molecule has 1 fully saturated rings. The Kier molecular flexibility index (Phi) is 3.56. The van der Waals surface area contributed by atoms with E-state index in [9.17, 15) is 0 Å². The Bertz CT molecular complexity index is 305. The van der Waals surface area contributed by atoms with Gasteiger partial charge in [-0.05, 0) is 44.4 Å². The summed E-state index contributed by atoms with van der Waals surface area (Å²) in [4.78, 5) is 4.31. The summed E-state index contributed by atoms with van der Waals surface area (Å²) in [6.45, 7) is 4.28. The van der Waals surface area contributed by atoms with Crippen LogP contribution in [0.5, 0.6) is 0 Å². The molecule has 0 amide bonds. The van der Waals surface area contributed by atoms with E-state index in [-0.39, 0.29) is 0 Å². The van der Waals surface area contributed by atoms with Crippen molar-refractivity contribution in [1.82, 2.24) is 10.3 Å². The summed E-state index contributed by atoms with van der Waals surface area (Å²) < 4.78 is 0. The Hall–Kier alpha value is -1.09. The fourth-order valence-electron chi connectivity index (χ4n) is 2.04. The van der Waals surface area contributed by atoms with E-state index in [4.69, 9.17) is 0 Å². The van der Waals surface area contributed by atoms with Crippen molar-refractivity contribution in [3.63, 3.8) is 0 Å². The van der Waals surface area contributed by atoms with Gasteiger partial charge in [0.15, 0.2) is 0 Å². The van der Waals surface area contributed by atoms with Crippen LogP contribution in [0, 0.1) is 6.92 Å². The van der Waals surface area contributed by atoms with E-state index in [0.29, 0.717) is 6.04 Å². The summed E-state index contributed by atoms with van der Waals surface area (Å²) in [5, 5.41) is 6.89. The van der Waals surface area contributed by atoms with Crippen molar-refractivity contribution in [2.45, 2.75) is 32.2 Å². The zero-order valence-corrected chi connectivity index (χ0v) is 9.29. The van der Waals surface area contributed by atoms with Gasteiger partial charge in [0.1, 0.15) is 5.82 Å². The number of rotatable bonds is 4. The van der Waals surface area contributed by atoms with Crippen LogP contribution in [-0.4, -0.2) is 24.1 Å². The maximum Gasteiger partial charge on any atom is 0.128 e. The molecule has 2 N–H and O–H groups in total. The summed E-state index contributed by atoms with van der Waals surface area (Å²) in [5.41, 5.74) is 1.22. The SMILES string of the molecule is Cc1cccnc1NCC[C@@H]1CCCN1. The lowest BCUT2D eigenvalue weighted by Crippen LogP contribution is -2.24. The molecule has 0 spiro atoms. The summed E-state index contributed by atoms with van der Waals surface area (Å²) in [5.74, 6) is 1.02. The van der Waals surface area contributed by atoms with E-state index in [0.717, 1.165) is 12.4 Å². The summed E-state index contributed by atoms with van der Waals surface area (Å²) in [7, 11) is 0. The summed E-state index contributed by atoms with van der Waals surface area (Å²) in [6.07, 6.45) is 5.68. The van der Waals surface area contributed by atoms with Crippen LogP contribution in [-0.2, 0) is 0 Å². The highest BCUT2D eigenvalue weighted by molar-refractivity contribution is 5.42. The van der Waals surface area contributed by atoms with E-state index in [1.54, 1.807) is 0 Å². The third kappa shape index (κ3) is 2.93. The first-order valence-electron chi connectivity index (χ1n) is 5.75. The molecule has 0 aromatic carbocycles. The van der Waals surface area contributed by atoms with Gasteiger partial charge in [-0.3, -0.25) is 0 Å². The van der Waals surface area contributed by atoms with Gasteiger partial charge in [-0.15, -0.1) is 0 Å². The largest absolute Gasteiger partial charge is 0.370 e. The fraction of sp³-hybridized carbons (Fsp3) is 0.583. The zero-order chi connectivity index (χ0) is 10.5. The van der Waals surface area contributed by atoms with E-state index < -0.39 is 0 Å². The number of aryl methyl sites for hydroxylation is 1. The molecule has 3 nitrogen and oxygen atoms in total. The standard InChI is InChI=1S/C12H19N3/c1-10-4-2-8-14-12(10)15-9-6-11-5-3-7-13-11/h2,4,8,11,13H,3,5-7,9H2,1H3,(H,14,15)/t11-/m0/s1. The van der Waals surface area contributed by atoms with Crippen LogP contribution in [0.15, 0.2) is 18.3 Å². The first kappa shape index (κ1) is 10.4. The molecule has 1 saturated heterocycles. The molecule has 82 valence electrons. The Balaban J connectivity index is 1.75. The van der Waals surface area contributed by atoms with Crippen LogP contribution in [0.25, 0.3) is 0 Å². The lowest BCUT2D eigenvalue weighted by molar-refractivity contribution is 0.574. The highest BCUT2D eigenvalue weighted by atomic mass is 15.0. The summed E-state index contributed by atoms with van der Waals surface area (Å²) in [6, 6.07) is 4.77. The van der Waals surface area contributed by atoms with Crippen LogP contribution < -0.4 is 10.6 Å². The monoisotopic (exact) mass is 205 g/mol. The van der Waals surface area contributed by atoms with Crippen LogP contribution >= 0.6 is 0 Å². The minimum atomic E-state index is 0.710. The highest BCUT2D eigenvalue weighted by Crippen LogP contribution is 2.11. The molecular formula is C12H19N3. The molecule has 0 bridgehead atoms. The second-order valence-corrected chi connectivity index (χ2v) is 4.18. The van der Waals surface area contributed by atoms with E-state index >= 15 is 0 Å². The Labute approximate surface area is 91.3 Å². The third-order valence-corrected chi connectivity index (χ3v) is 2.96. The first-order valence-corrected chi connectivity index (χ1v) is 5.75. The van der Waals surface area contributed by atoms with Gasteiger partial charge in [-0.2, -0.15) is 0 Å². The van der Waals surface area contributed by atoms with Crippen LogP contribution in [0.2, 0.25) is 0 Å². The lowest BCUT2D eigenvalue weighted by atomic mass is 10.1. The Morgan fingerprint density at radius 2 is 2.53 bits per heavy atom. The van der Waals surface area contributed by atoms with Crippen molar-refractivity contribution in [3.05, 3.63) is 23.9 Å². The molecule has 2 heterocycles. The summed E-state index contributed by atoms with van der Waals surface area (Å²) >= 11 is 0. The molecule has 1 aromatic heterocycles. The second-order valence-electron chi connectivity index (χ2n) is 4.18. The molecule has 1 atom stereocenters. The van der Waals surface area contributed by atoms with Crippen molar-refractivity contribution in [2.75, 3.05) is 18.4 Å². The van der Waals surface area contributed by atoms with E-state index in [2.05, 4.69) is 28.6 Å². The van der Waals surface area contributed by atoms with Crippen LogP contribution in [0.4, 0.5) is 5.82 Å². The minimum absolute atomic E-state index is 0.710. The van der Waals surface area contributed by atoms with Crippen molar-refractivity contribution in [3.8, 4) is 0 Å². The Morgan fingerprint density at radius 3 is 3.27 bits per heavy atom. The Morgan fingerprint density at radius 1 is 1.60 bits per heavy atom. The smallest absolute Gasteiger partial charge is 0.128 e. The molecule has 0 radical (unpaired) electrons. The van der Waals surface area contributed by atoms with Gasteiger partial charge in [0.25, 0.3) is 0 Å². The number of hydrogen-bond donors (Lipinski definition) is 2. The van der Waals surface area contributed by atoms with Crippen molar-refractivity contribution >= 4 is 5.82 Å². The second kappa shape index (κ2) is 5.12. The quantitative estimate of drug-likeness (QED) is 0.789. The zero-order valence-electron chi connectivity index (χ0n) is 9.29. The van der Waals surface area contributed by atoms with Crippen molar-refractivity contribution < 1.29 is 0 Å². The van der Waals surface area contributed by atoms with Crippen LogP contribution in [0.3, 0.4) is 0 Å². The maximum atomic E-state index is 4.31. The van der Waals surface area contributed by atoms with Gasteiger partial charge in [-0.1, -0.05) is 6.07 Å². The number of hydrogen-bond acceptors (Lipinski definition) is 3. The lowest BCUT2D eigenvalue weighted by Gasteiger charge is -2.12. The number of nitrogens with one attached hydrogen (secondary N) is 2. The number of nitrogens with zero attached hydrogens (tertiary/aromatic N) is 1. The third-order valence-electron chi connectivity index (χ3n) is 2.96. The van der Waals surface area contributed by atoms with Gasteiger partial charge in [-0.25, -0.2) is 4.98 Å². The van der Waals surface area contributed by atoms with Gasteiger partial charge in [0.2, 0.25) is 0 Å². The molecule has 2 rings (SSSR count). The fourth-order valence-corrected chi connectivity index (χ4v) is 2.04. The van der Waals surface area contributed by atoms with Gasteiger partial charge < -0.3 is 10.6 Å². The predicted octanol–water partition coefficient (Wildman–Crippen LogP) is 1.94. The molecule has 0 saturated carbocycles. The molecule has 0 aliphatic carbocycles. The topological polar surface area (TPSA) is 37.0 Å². The van der Waals surface area contributed by atoms with Gasteiger partial charge >= 0.3 is 0 Å². The van der Waals surface area contributed by atoms with Crippen molar-refractivity contribution in [1.29, 1.82) is 0 Å². The molecular weight excluding hydrogens is 186 g/mol. The van der Waals surface area contributed by atoms with Crippen molar-refractivity contribution in [2.24, 2.45) is 0 Å². The number of anilines is 1. The molecule has 1 aliphatic heterocycles. The maximum absolute atomic E-state index is 4.31. The number of aromatic nitrogens is 1. The highest BCUT2D eigenvalue weighted by Gasteiger charge is 2.12. The first-order chi connectivity index (χ1) is 7.36. The minimum Gasteiger partial charge on any atom is -0.370 e.